The summed E-state index contributed by atoms with van der Waals surface area (Å²) in [6, 6.07) is 6.09. The van der Waals surface area contributed by atoms with Gasteiger partial charge in [-0.15, -0.1) is 0 Å². The van der Waals surface area contributed by atoms with Crippen molar-refractivity contribution < 1.29 is 4.79 Å². The lowest BCUT2D eigenvalue weighted by atomic mass is 10.00. The number of amides is 1. The Morgan fingerprint density at radius 3 is 2.19 bits per heavy atom. The number of pyridine rings is 1. The zero-order valence-electron chi connectivity index (χ0n) is 17.5. The number of para-hydroxylation sites is 1. The van der Waals surface area contributed by atoms with Crippen LogP contribution in [0.2, 0.25) is 0 Å². The summed E-state index contributed by atoms with van der Waals surface area (Å²) < 4.78 is 2.01. The van der Waals surface area contributed by atoms with Gasteiger partial charge in [-0.2, -0.15) is 0 Å². The number of rotatable bonds is 7. The minimum absolute atomic E-state index is 0.152. The smallest absolute Gasteiger partial charge is 0.261 e. The van der Waals surface area contributed by atoms with Gasteiger partial charge in [0.05, 0.1) is 0 Å². The molecule has 0 saturated carbocycles. The van der Waals surface area contributed by atoms with Crippen molar-refractivity contribution in [2.45, 2.75) is 66.7 Å². The Labute approximate surface area is 162 Å². The molecule has 1 aromatic carbocycles. The molecule has 0 aliphatic rings. The van der Waals surface area contributed by atoms with Crippen molar-refractivity contribution in [1.29, 1.82) is 0 Å². The molecule has 1 heterocycles. The van der Waals surface area contributed by atoms with Gasteiger partial charge < -0.3 is 9.88 Å². The predicted molar refractivity (Wildman–Crippen MR) is 113 cm³/mol. The SMILES string of the molecule is CCCCc1c(C(=O)Nc2c(CC)cccc2CC)c(=O)c(C)c(C)n1C. The summed E-state index contributed by atoms with van der Waals surface area (Å²) in [6.45, 7) is 10.0. The number of benzene rings is 1. The molecular weight excluding hydrogens is 336 g/mol. The molecule has 0 aliphatic carbocycles. The largest absolute Gasteiger partial charge is 0.351 e. The molecule has 0 atom stereocenters. The first-order valence-corrected chi connectivity index (χ1v) is 9.98. The van der Waals surface area contributed by atoms with E-state index < -0.39 is 0 Å². The predicted octanol–water partition coefficient (Wildman–Crippen LogP) is 4.72. The van der Waals surface area contributed by atoms with Crippen LogP contribution in [0.1, 0.15) is 72.0 Å². The molecule has 0 fully saturated rings. The third-order valence-electron chi connectivity index (χ3n) is 5.54. The molecule has 2 aromatic rings. The zero-order chi connectivity index (χ0) is 20.1. The fourth-order valence-corrected chi connectivity index (χ4v) is 3.55. The van der Waals surface area contributed by atoms with Gasteiger partial charge in [-0.1, -0.05) is 45.4 Å². The highest BCUT2D eigenvalue weighted by Crippen LogP contribution is 2.24. The number of hydrogen-bond donors (Lipinski definition) is 1. The van der Waals surface area contributed by atoms with Gasteiger partial charge in [-0.05, 0) is 50.7 Å². The molecule has 0 radical (unpaired) electrons. The normalized spacial score (nSPS) is 10.9. The molecule has 4 nitrogen and oxygen atoms in total. The topological polar surface area (TPSA) is 51.1 Å². The standard InChI is InChI=1S/C23H32N2O2/c1-7-10-14-19-20(22(26)15(4)16(5)25(19)6)23(27)24-21-17(8-2)12-11-13-18(21)9-3/h11-13H,7-10,14H2,1-6H3,(H,24,27). The van der Waals surface area contributed by atoms with Crippen LogP contribution < -0.4 is 10.7 Å². The van der Waals surface area contributed by atoms with Crippen molar-refractivity contribution in [3.8, 4) is 0 Å². The molecule has 0 bridgehead atoms. The van der Waals surface area contributed by atoms with E-state index in [9.17, 15) is 9.59 Å². The summed E-state index contributed by atoms with van der Waals surface area (Å²) in [5.41, 5.74) is 5.58. The molecule has 0 spiro atoms. The van der Waals surface area contributed by atoms with E-state index in [1.54, 1.807) is 6.92 Å². The number of aryl methyl sites for hydroxylation is 2. The summed E-state index contributed by atoms with van der Waals surface area (Å²) in [4.78, 5) is 26.2. The third kappa shape index (κ3) is 4.15. The van der Waals surface area contributed by atoms with E-state index in [1.165, 1.54) is 0 Å². The molecule has 0 unspecified atom stereocenters. The van der Waals surface area contributed by atoms with Crippen molar-refractivity contribution in [2.24, 2.45) is 7.05 Å². The molecule has 1 aromatic heterocycles. The Hall–Kier alpha value is -2.36. The highest BCUT2D eigenvalue weighted by molar-refractivity contribution is 6.06. The number of unbranched alkanes of at least 4 members (excludes halogenated alkanes) is 1. The number of aromatic nitrogens is 1. The van der Waals surface area contributed by atoms with Crippen LogP contribution in [0.15, 0.2) is 23.0 Å². The van der Waals surface area contributed by atoms with Crippen molar-refractivity contribution in [1.82, 2.24) is 4.57 Å². The van der Waals surface area contributed by atoms with E-state index in [0.717, 1.165) is 60.3 Å². The summed E-state index contributed by atoms with van der Waals surface area (Å²) in [6.07, 6.45) is 4.35. The van der Waals surface area contributed by atoms with Crippen LogP contribution in [-0.4, -0.2) is 10.5 Å². The first-order chi connectivity index (χ1) is 12.9. The molecule has 1 N–H and O–H groups in total. The first-order valence-electron chi connectivity index (χ1n) is 9.98. The number of anilines is 1. The number of carbonyl (C=O) groups excluding carboxylic acids is 1. The molecule has 0 aliphatic heterocycles. The summed E-state index contributed by atoms with van der Waals surface area (Å²) >= 11 is 0. The molecule has 0 saturated heterocycles. The van der Waals surface area contributed by atoms with E-state index in [2.05, 4.69) is 26.1 Å². The van der Waals surface area contributed by atoms with Crippen molar-refractivity contribution >= 4 is 11.6 Å². The number of nitrogens with zero attached hydrogens (tertiary/aromatic N) is 1. The molecule has 27 heavy (non-hydrogen) atoms. The minimum atomic E-state index is -0.291. The lowest BCUT2D eigenvalue weighted by Gasteiger charge is -2.20. The van der Waals surface area contributed by atoms with Gasteiger partial charge >= 0.3 is 0 Å². The van der Waals surface area contributed by atoms with Crippen LogP contribution in [-0.2, 0) is 26.3 Å². The maximum Gasteiger partial charge on any atom is 0.261 e. The molecule has 146 valence electrons. The Morgan fingerprint density at radius 2 is 1.67 bits per heavy atom. The molecule has 1 amide bonds. The fraction of sp³-hybridized carbons (Fsp3) is 0.478. The Bertz CT molecular complexity index is 872. The van der Waals surface area contributed by atoms with Crippen LogP contribution in [0.25, 0.3) is 0 Å². The quantitative estimate of drug-likeness (QED) is 0.769. The van der Waals surface area contributed by atoms with Gasteiger partial charge in [0.1, 0.15) is 5.56 Å². The van der Waals surface area contributed by atoms with E-state index in [1.807, 2.05) is 36.7 Å². The van der Waals surface area contributed by atoms with Crippen LogP contribution in [0.3, 0.4) is 0 Å². The Kier molecular flexibility index (Phi) is 7.00. The number of nitrogens with one attached hydrogen (secondary N) is 1. The fourth-order valence-electron chi connectivity index (χ4n) is 3.55. The van der Waals surface area contributed by atoms with Gasteiger partial charge in [0.2, 0.25) is 0 Å². The summed E-state index contributed by atoms with van der Waals surface area (Å²) in [7, 11) is 1.95. The Morgan fingerprint density at radius 1 is 1.07 bits per heavy atom. The number of carbonyl (C=O) groups is 1. The average Bonchev–Trinajstić information content (AvgIpc) is 2.67. The first kappa shape index (κ1) is 20.9. The van der Waals surface area contributed by atoms with E-state index in [0.29, 0.717) is 11.1 Å². The van der Waals surface area contributed by atoms with E-state index in [4.69, 9.17) is 0 Å². The zero-order valence-corrected chi connectivity index (χ0v) is 17.5. The monoisotopic (exact) mass is 368 g/mol. The second-order valence-corrected chi connectivity index (χ2v) is 7.14. The van der Waals surface area contributed by atoms with Crippen molar-refractivity contribution in [3.63, 3.8) is 0 Å². The second-order valence-electron chi connectivity index (χ2n) is 7.14. The van der Waals surface area contributed by atoms with Gasteiger partial charge in [0.15, 0.2) is 5.43 Å². The van der Waals surface area contributed by atoms with E-state index >= 15 is 0 Å². The third-order valence-corrected chi connectivity index (χ3v) is 5.54. The van der Waals surface area contributed by atoms with Crippen molar-refractivity contribution in [2.75, 3.05) is 5.32 Å². The maximum absolute atomic E-state index is 13.2. The van der Waals surface area contributed by atoms with Gasteiger partial charge in [0, 0.05) is 29.7 Å². The van der Waals surface area contributed by atoms with E-state index in [-0.39, 0.29) is 11.3 Å². The average molecular weight is 369 g/mol. The van der Waals surface area contributed by atoms with Crippen LogP contribution in [0.5, 0.6) is 0 Å². The highest BCUT2D eigenvalue weighted by Gasteiger charge is 2.22. The lowest BCUT2D eigenvalue weighted by molar-refractivity contribution is 0.102. The van der Waals surface area contributed by atoms with Crippen LogP contribution >= 0.6 is 0 Å². The van der Waals surface area contributed by atoms with Gasteiger partial charge in [-0.25, -0.2) is 0 Å². The summed E-state index contributed by atoms with van der Waals surface area (Å²) in [5, 5.41) is 3.08. The molecular formula is C23H32N2O2. The molecule has 2 rings (SSSR count). The summed E-state index contributed by atoms with van der Waals surface area (Å²) in [5.74, 6) is -0.291. The van der Waals surface area contributed by atoms with Crippen molar-refractivity contribution in [3.05, 3.63) is 62.1 Å². The highest BCUT2D eigenvalue weighted by atomic mass is 16.2. The molecule has 4 heteroatoms. The van der Waals surface area contributed by atoms with Gasteiger partial charge in [0.25, 0.3) is 5.91 Å². The lowest BCUT2D eigenvalue weighted by Crippen LogP contribution is -2.30. The van der Waals surface area contributed by atoms with Crippen LogP contribution in [0, 0.1) is 13.8 Å². The maximum atomic E-state index is 13.2. The van der Waals surface area contributed by atoms with Crippen LogP contribution in [0.4, 0.5) is 5.69 Å². The Balaban J connectivity index is 2.59. The van der Waals surface area contributed by atoms with Gasteiger partial charge in [-0.3, -0.25) is 9.59 Å². The number of hydrogen-bond acceptors (Lipinski definition) is 2. The second kappa shape index (κ2) is 9.03. The minimum Gasteiger partial charge on any atom is -0.351 e.